The summed E-state index contributed by atoms with van der Waals surface area (Å²) in [5.74, 6) is -0.180. The van der Waals surface area contributed by atoms with E-state index in [1.807, 2.05) is 13.8 Å². The molecule has 0 saturated carbocycles. The Bertz CT molecular complexity index is 333. The van der Waals surface area contributed by atoms with Crippen LogP contribution in [0.25, 0.3) is 0 Å². The fourth-order valence-electron chi connectivity index (χ4n) is 1.83. The second-order valence-corrected chi connectivity index (χ2v) is 6.24. The Labute approximate surface area is 104 Å². The van der Waals surface area contributed by atoms with Gasteiger partial charge in [-0.3, -0.25) is 13.8 Å². The van der Waals surface area contributed by atoms with Crippen molar-refractivity contribution in [2.24, 2.45) is 0 Å². The van der Waals surface area contributed by atoms with Crippen LogP contribution in [0.5, 0.6) is 0 Å². The van der Waals surface area contributed by atoms with Crippen molar-refractivity contribution in [3.63, 3.8) is 0 Å². The van der Waals surface area contributed by atoms with Crippen LogP contribution in [0.4, 0.5) is 0 Å². The first-order valence-corrected chi connectivity index (χ1v) is 7.48. The maximum absolute atomic E-state index is 12.0. The average molecular weight is 260 g/mol. The first-order valence-electron chi connectivity index (χ1n) is 5.86. The molecule has 3 unspecified atom stereocenters. The number of hydrogen-bond donors (Lipinski definition) is 1. The maximum Gasteiger partial charge on any atom is 0.245 e. The van der Waals surface area contributed by atoms with Crippen molar-refractivity contribution in [2.45, 2.75) is 38.0 Å². The number of nitrogens with one attached hydrogen (secondary N) is 1. The van der Waals surface area contributed by atoms with Crippen LogP contribution in [0.2, 0.25) is 0 Å². The standard InChI is InChI=1S/C11H20N2O3S/c1-4-5-9-11(15)13(7-10(14)12-9)6-8(2)17(3)16/h8-9H,4-7H2,1-3H3,(H,12,14). The minimum atomic E-state index is -0.979. The van der Waals surface area contributed by atoms with E-state index in [-0.39, 0.29) is 23.6 Å². The van der Waals surface area contributed by atoms with Gasteiger partial charge in [0.1, 0.15) is 6.04 Å². The van der Waals surface area contributed by atoms with Crippen molar-refractivity contribution in [1.82, 2.24) is 10.2 Å². The quantitative estimate of drug-likeness (QED) is 0.749. The van der Waals surface area contributed by atoms with Crippen LogP contribution >= 0.6 is 0 Å². The molecule has 3 atom stereocenters. The Morgan fingerprint density at radius 2 is 2.18 bits per heavy atom. The minimum Gasteiger partial charge on any atom is -0.343 e. The van der Waals surface area contributed by atoms with Crippen LogP contribution in [-0.4, -0.2) is 51.6 Å². The normalized spacial score (nSPS) is 24.4. The molecule has 0 aromatic rings. The lowest BCUT2D eigenvalue weighted by molar-refractivity contribution is -0.144. The van der Waals surface area contributed by atoms with Crippen molar-refractivity contribution < 1.29 is 13.8 Å². The molecular weight excluding hydrogens is 240 g/mol. The van der Waals surface area contributed by atoms with Crippen molar-refractivity contribution in [3.05, 3.63) is 0 Å². The predicted molar refractivity (Wildman–Crippen MR) is 66.9 cm³/mol. The van der Waals surface area contributed by atoms with Gasteiger partial charge < -0.3 is 10.2 Å². The smallest absolute Gasteiger partial charge is 0.245 e. The molecule has 0 spiro atoms. The highest BCUT2D eigenvalue weighted by atomic mass is 32.2. The third kappa shape index (κ3) is 3.80. The largest absolute Gasteiger partial charge is 0.343 e. The lowest BCUT2D eigenvalue weighted by Gasteiger charge is -2.33. The first-order chi connectivity index (χ1) is 7.95. The van der Waals surface area contributed by atoms with E-state index in [0.29, 0.717) is 13.0 Å². The van der Waals surface area contributed by atoms with Crippen molar-refractivity contribution in [1.29, 1.82) is 0 Å². The topological polar surface area (TPSA) is 66.5 Å². The number of carbonyl (C=O) groups excluding carboxylic acids is 2. The van der Waals surface area contributed by atoms with E-state index >= 15 is 0 Å². The summed E-state index contributed by atoms with van der Waals surface area (Å²) >= 11 is 0. The van der Waals surface area contributed by atoms with Gasteiger partial charge in [0.05, 0.1) is 6.54 Å². The molecule has 0 aliphatic carbocycles. The highest BCUT2D eigenvalue weighted by Gasteiger charge is 2.32. The van der Waals surface area contributed by atoms with Gasteiger partial charge in [0.2, 0.25) is 11.8 Å². The second-order valence-electron chi connectivity index (χ2n) is 4.44. The van der Waals surface area contributed by atoms with Gasteiger partial charge >= 0.3 is 0 Å². The van der Waals surface area contributed by atoms with E-state index < -0.39 is 16.8 Å². The number of nitrogens with zero attached hydrogens (tertiary/aromatic N) is 1. The summed E-state index contributed by atoms with van der Waals surface area (Å²) in [5.41, 5.74) is 0. The number of rotatable bonds is 5. The number of piperazine rings is 1. The summed E-state index contributed by atoms with van der Waals surface area (Å²) in [6.07, 6.45) is 3.12. The van der Waals surface area contributed by atoms with Gasteiger partial charge in [-0.25, -0.2) is 0 Å². The maximum atomic E-state index is 12.0. The van der Waals surface area contributed by atoms with E-state index in [2.05, 4.69) is 5.32 Å². The molecule has 0 aromatic carbocycles. The molecule has 6 heteroatoms. The summed E-state index contributed by atoms with van der Waals surface area (Å²) in [6, 6.07) is -0.404. The van der Waals surface area contributed by atoms with Gasteiger partial charge in [-0.1, -0.05) is 13.3 Å². The van der Waals surface area contributed by atoms with Crippen molar-refractivity contribution in [3.8, 4) is 0 Å². The molecule has 2 amide bonds. The molecule has 1 aliphatic heterocycles. The molecule has 5 nitrogen and oxygen atoms in total. The van der Waals surface area contributed by atoms with E-state index in [9.17, 15) is 13.8 Å². The summed E-state index contributed by atoms with van der Waals surface area (Å²) in [5, 5.41) is 2.59. The highest BCUT2D eigenvalue weighted by molar-refractivity contribution is 7.84. The van der Waals surface area contributed by atoms with Gasteiger partial charge in [-0.05, 0) is 13.3 Å². The van der Waals surface area contributed by atoms with Gasteiger partial charge in [0.15, 0.2) is 0 Å². The fraction of sp³-hybridized carbons (Fsp3) is 0.818. The average Bonchev–Trinajstić information content (AvgIpc) is 2.24. The van der Waals surface area contributed by atoms with Gasteiger partial charge in [0.25, 0.3) is 0 Å². The van der Waals surface area contributed by atoms with Crippen LogP contribution in [0.3, 0.4) is 0 Å². The number of carbonyl (C=O) groups is 2. The number of amides is 2. The minimum absolute atomic E-state index is 0.0521. The molecule has 1 rings (SSSR count). The van der Waals surface area contributed by atoms with E-state index in [0.717, 1.165) is 6.42 Å². The van der Waals surface area contributed by atoms with Crippen molar-refractivity contribution in [2.75, 3.05) is 19.3 Å². The highest BCUT2D eigenvalue weighted by Crippen LogP contribution is 2.09. The molecule has 1 heterocycles. The van der Waals surface area contributed by atoms with Crippen LogP contribution in [0, 0.1) is 0 Å². The van der Waals surface area contributed by atoms with Crippen molar-refractivity contribution >= 4 is 22.6 Å². The van der Waals surface area contributed by atoms with E-state index in [1.165, 1.54) is 4.90 Å². The molecule has 0 radical (unpaired) electrons. The summed E-state index contributed by atoms with van der Waals surface area (Å²) in [7, 11) is -0.979. The zero-order valence-electron chi connectivity index (χ0n) is 10.6. The lowest BCUT2D eigenvalue weighted by Crippen LogP contribution is -2.59. The Hall–Kier alpha value is -0.910. The Kier molecular flexibility index (Phi) is 5.11. The molecule has 0 aromatic heterocycles. The van der Waals surface area contributed by atoms with Crippen LogP contribution in [0.1, 0.15) is 26.7 Å². The molecule has 98 valence electrons. The SMILES string of the molecule is CCCC1NC(=O)CN(CC(C)S(C)=O)C1=O. The number of hydrogen-bond acceptors (Lipinski definition) is 3. The Balaban J connectivity index is 2.67. The van der Waals surface area contributed by atoms with Crippen LogP contribution in [0.15, 0.2) is 0 Å². The van der Waals surface area contributed by atoms with Crippen LogP contribution < -0.4 is 5.32 Å². The van der Waals surface area contributed by atoms with Gasteiger partial charge in [-0.15, -0.1) is 0 Å². The molecule has 17 heavy (non-hydrogen) atoms. The first kappa shape index (κ1) is 14.2. The molecular formula is C11H20N2O3S. The third-order valence-corrected chi connectivity index (χ3v) is 4.18. The molecule has 1 fully saturated rings. The molecule has 1 aliphatic rings. The van der Waals surface area contributed by atoms with E-state index in [1.54, 1.807) is 6.26 Å². The predicted octanol–water partition coefficient (Wildman–Crippen LogP) is -0.119. The third-order valence-electron chi connectivity index (χ3n) is 2.90. The fourth-order valence-corrected chi connectivity index (χ4v) is 2.22. The molecule has 0 bridgehead atoms. The Morgan fingerprint density at radius 1 is 1.53 bits per heavy atom. The molecule has 1 N–H and O–H groups in total. The zero-order chi connectivity index (χ0) is 13.0. The monoisotopic (exact) mass is 260 g/mol. The zero-order valence-corrected chi connectivity index (χ0v) is 11.4. The second kappa shape index (κ2) is 6.14. The van der Waals surface area contributed by atoms with Gasteiger partial charge in [-0.2, -0.15) is 0 Å². The molecule has 1 saturated heterocycles. The summed E-state index contributed by atoms with van der Waals surface area (Å²) < 4.78 is 11.3. The summed E-state index contributed by atoms with van der Waals surface area (Å²) in [6.45, 7) is 4.27. The summed E-state index contributed by atoms with van der Waals surface area (Å²) in [4.78, 5) is 25.0. The van der Waals surface area contributed by atoms with Crippen LogP contribution in [-0.2, 0) is 20.4 Å². The Morgan fingerprint density at radius 3 is 2.71 bits per heavy atom. The van der Waals surface area contributed by atoms with Gasteiger partial charge in [0, 0.05) is 28.9 Å². The van der Waals surface area contributed by atoms with E-state index in [4.69, 9.17) is 0 Å². The lowest BCUT2D eigenvalue weighted by atomic mass is 10.1.